The number of benzene rings is 2. The Hall–Kier alpha value is -2.29. The highest BCUT2D eigenvalue weighted by molar-refractivity contribution is 6.02. The minimum atomic E-state index is -0.450. The van der Waals surface area contributed by atoms with Gasteiger partial charge in [-0.2, -0.15) is 0 Å². The second kappa shape index (κ2) is 5.37. The van der Waals surface area contributed by atoms with Gasteiger partial charge in [0.05, 0.1) is 12.2 Å². The number of ketones is 1. The molecule has 0 radical (unpaired) electrons. The van der Waals surface area contributed by atoms with Gasteiger partial charge in [0.1, 0.15) is 11.5 Å². The van der Waals surface area contributed by atoms with E-state index in [-0.39, 0.29) is 5.78 Å². The molecule has 20 heavy (non-hydrogen) atoms. The molecule has 0 saturated heterocycles. The van der Waals surface area contributed by atoms with Crippen molar-refractivity contribution in [2.24, 2.45) is 0 Å². The molecule has 0 aliphatic carbocycles. The van der Waals surface area contributed by atoms with Crippen LogP contribution in [0.3, 0.4) is 0 Å². The average Bonchev–Trinajstić information content (AvgIpc) is 2.91. The fourth-order valence-corrected chi connectivity index (χ4v) is 2.45. The van der Waals surface area contributed by atoms with Crippen molar-refractivity contribution in [1.29, 1.82) is 0 Å². The Balaban J connectivity index is 1.85. The molecule has 1 unspecified atom stereocenters. The number of carbonyl (C=O) groups excluding carboxylic acids is 1. The molecule has 0 saturated carbocycles. The standard InChI is InChI=1S/C17H16O3/c1-2-19-15-10-6-4-8-13(15)17(18)16-11-12-7-3-5-9-14(12)20-16/h3-10,16H,2,11H2,1H3. The Morgan fingerprint density at radius 2 is 1.95 bits per heavy atom. The second-order valence-corrected chi connectivity index (χ2v) is 4.71. The van der Waals surface area contributed by atoms with Crippen LogP contribution in [0.4, 0.5) is 0 Å². The summed E-state index contributed by atoms with van der Waals surface area (Å²) >= 11 is 0. The lowest BCUT2D eigenvalue weighted by Crippen LogP contribution is -2.25. The van der Waals surface area contributed by atoms with Gasteiger partial charge >= 0.3 is 0 Å². The number of hydrogen-bond donors (Lipinski definition) is 0. The average molecular weight is 268 g/mol. The maximum atomic E-state index is 12.6. The van der Waals surface area contributed by atoms with E-state index >= 15 is 0 Å². The zero-order valence-electron chi connectivity index (χ0n) is 11.3. The lowest BCUT2D eigenvalue weighted by atomic mass is 10.0. The minimum Gasteiger partial charge on any atom is -0.493 e. The van der Waals surface area contributed by atoms with Gasteiger partial charge < -0.3 is 9.47 Å². The van der Waals surface area contributed by atoms with Gasteiger partial charge in [0.15, 0.2) is 6.10 Å². The van der Waals surface area contributed by atoms with Crippen LogP contribution in [0.25, 0.3) is 0 Å². The molecule has 2 aromatic rings. The summed E-state index contributed by atoms with van der Waals surface area (Å²) in [5.41, 5.74) is 1.67. The van der Waals surface area contributed by atoms with Crippen LogP contribution in [0.2, 0.25) is 0 Å². The van der Waals surface area contributed by atoms with E-state index in [1.54, 1.807) is 6.07 Å². The molecule has 0 spiro atoms. The molecule has 2 aromatic carbocycles. The normalized spacial score (nSPS) is 16.4. The minimum absolute atomic E-state index is 0.0229. The van der Waals surface area contributed by atoms with E-state index in [2.05, 4.69) is 0 Å². The lowest BCUT2D eigenvalue weighted by Gasteiger charge is -2.13. The topological polar surface area (TPSA) is 35.5 Å². The summed E-state index contributed by atoms with van der Waals surface area (Å²) in [7, 11) is 0. The molecule has 0 amide bonds. The molecule has 3 nitrogen and oxygen atoms in total. The highest BCUT2D eigenvalue weighted by atomic mass is 16.5. The number of Topliss-reactive ketones (excluding diaryl/α,β-unsaturated/α-hetero) is 1. The van der Waals surface area contributed by atoms with Gasteiger partial charge in [-0.1, -0.05) is 30.3 Å². The van der Waals surface area contributed by atoms with Gasteiger partial charge in [-0.15, -0.1) is 0 Å². The summed E-state index contributed by atoms with van der Waals surface area (Å²) in [4.78, 5) is 12.6. The molecule has 1 aliphatic heterocycles. The number of para-hydroxylation sites is 2. The van der Waals surface area contributed by atoms with E-state index in [1.807, 2.05) is 49.4 Å². The summed E-state index contributed by atoms with van der Waals surface area (Å²) in [6.45, 7) is 2.44. The van der Waals surface area contributed by atoms with E-state index in [1.165, 1.54) is 0 Å². The Kier molecular flexibility index (Phi) is 3.42. The molecule has 102 valence electrons. The Labute approximate surface area is 118 Å². The maximum Gasteiger partial charge on any atom is 0.207 e. The van der Waals surface area contributed by atoms with Crippen LogP contribution < -0.4 is 9.47 Å². The van der Waals surface area contributed by atoms with Crippen LogP contribution in [0, 0.1) is 0 Å². The van der Waals surface area contributed by atoms with E-state index < -0.39 is 6.10 Å². The van der Waals surface area contributed by atoms with Gasteiger partial charge in [-0.05, 0) is 30.7 Å². The first-order chi connectivity index (χ1) is 9.79. The van der Waals surface area contributed by atoms with E-state index in [4.69, 9.17) is 9.47 Å². The molecule has 1 heterocycles. The predicted octanol–water partition coefficient (Wildman–Crippen LogP) is 3.27. The molecule has 0 bridgehead atoms. The zero-order valence-corrected chi connectivity index (χ0v) is 11.3. The molecule has 0 N–H and O–H groups in total. The lowest BCUT2D eigenvalue weighted by molar-refractivity contribution is 0.0821. The third-order valence-electron chi connectivity index (χ3n) is 3.39. The first kappa shape index (κ1) is 12.7. The van der Waals surface area contributed by atoms with Gasteiger partial charge in [-0.25, -0.2) is 0 Å². The number of fused-ring (bicyclic) bond motifs is 1. The molecule has 3 rings (SSSR count). The largest absolute Gasteiger partial charge is 0.493 e. The SMILES string of the molecule is CCOc1ccccc1C(=O)C1Cc2ccccc2O1. The molecule has 3 heteroatoms. The summed E-state index contributed by atoms with van der Waals surface area (Å²) in [5.74, 6) is 1.41. The predicted molar refractivity (Wildman–Crippen MR) is 76.5 cm³/mol. The highest BCUT2D eigenvalue weighted by Crippen LogP contribution is 2.31. The number of carbonyl (C=O) groups is 1. The molecular weight excluding hydrogens is 252 g/mol. The first-order valence-corrected chi connectivity index (χ1v) is 6.80. The highest BCUT2D eigenvalue weighted by Gasteiger charge is 2.30. The van der Waals surface area contributed by atoms with Crippen molar-refractivity contribution < 1.29 is 14.3 Å². The molecule has 1 atom stereocenters. The van der Waals surface area contributed by atoms with Crippen molar-refractivity contribution in [2.75, 3.05) is 6.61 Å². The monoisotopic (exact) mass is 268 g/mol. The van der Waals surface area contributed by atoms with Crippen molar-refractivity contribution in [1.82, 2.24) is 0 Å². The van der Waals surface area contributed by atoms with Crippen molar-refractivity contribution >= 4 is 5.78 Å². The molecular formula is C17H16O3. The fraction of sp³-hybridized carbons (Fsp3) is 0.235. The Bertz CT molecular complexity index is 609. The number of hydrogen-bond acceptors (Lipinski definition) is 3. The van der Waals surface area contributed by atoms with Crippen LogP contribution in [0.5, 0.6) is 11.5 Å². The Morgan fingerprint density at radius 3 is 2.75 bits per heavy atom. The summed E-state index contributed by atoms with van der Waals surface area (Å²) < 4.78 is 11.3. The van der Waals surface area contributed by atoms with Crippen molar-refractivity contribution in [2.45, 2.75) is 19.4 Å². The number of rotatable bonds is 4. The quantitative estimate of drug-likeness (QED) is 0.798. The van der Waals surface area contributed by atoms with Gasteiger partial charge in [0.25, 0.3) is 0 Å². The zero-order chi connectivity index (χ0) is 13.9. The van der Waals surface area contributed by atoms with Crippen molar-refractivity contribution in [3.8, 4) is 11.5 Å². The first-order valence-electron chi connectivity index (χ1n) is 6.80. The van der Waals surface area contributed by atoms with Gasteiger partial charge in [0, 0.05) is 6.42 Å². The number of ether oxygens (including phenoxy) is 2. The summed E-state index contributed by atoms with van der Waals surface area (Å²) in [6, 6.07) is 15.1. The molecule has 0 fully saturated rings. The van der Waals surface area contributed by atoms with E-state index in [0.717, 1.165) is 11.3 Å². The van der Waals surface area contributed by atoms with Crippen LogP contribution >= 0.6 is 0 Å². The van der Waals surface area contributed by atoms with Gasteiger partial charge in [0.2, 0.25) is 5.78 Å². The van der Waals surface area contributed by atoms with Crippen molar-refractivity contribution in [3.63, 3.8) is 0 Å². The van der Waals surface area contributed by atoms with E-state index in [0.29, 0.717) is 24.3 Å². The van der Waals surface area contributed by atoms with Crippen molar-refractivity contribution in [3.05, 3.63) is 59.7 Å². The van der Waals surface area contributed by atoms with Crippen LogP contribution in [-0.2, 0) is 6.42 Å². The smallest absolute Gasteiger partial charge is 0.207 e. The Morgan fingerprint density at radius 1 is 1.20 bits per heavy atom. The van der Waals surface area contributed by atoms with Crippen LogP contribution in [-0.4, -0.2) is 18.5 Å². The third-order valence-corrected chi connectivity index (χ3v) is 3.39. The maximum absolute atomic E-state index is 12.6. The van der Waals surface area contributed by atoms with Crippen LogP contribution in [0.1, 0.15) is 22.8 Å². The fourth-order valence-electron chi connectivity index (χ4n) is 2.45. The molecule has 1 aliphatic rings. The summed E-state index contributed by atoms with van der Waals surface area (Å²) in [5, 5.41) is 0. The third kappa shape index (κ3) is 2.27. The summed E-state index contributed by atoms with van der Waals surface area (Å²) in [6.07, 6.45) is 0.171. The van der Waals surface area contributed by atoms with Crippen LogP contribution in [0.15, 0.2) is 48.5 Å². The molecule has 0 aromatic heterocycles. The van der Waals surface area contributed by atoms with E-state index in [9.17, 15) is 4.79 Å². The second-order valence-electron chi connectivity index (χ2n) is 4.71. The van der Waals surface area contributed by atoms with Gasteiger partial charge in [-0.3, -0.25) is 4.79 Å².